The number of rotatable bonds is 3. The smallest absolute Gasteiger partial charge is 0.213 e. The summed E-state index contributed by atoms with van der Waals surface area (Å²) in [5.74, 6) is 0.574. The van der Waals surface area contributed by atoms with Gasteiger partial charge in [-0.15, -0.1) is 0 Å². The molecule has 0 atom stereocenters. The zero-order chi connectivity index (χ0) is 14.1. The molecule has 0 aliphatic rings. The number of nitrogens with zero attached hydrogens (tertiary/aromatic N) is 1. The summed E-state index contributed by atoms with van der Waals surface area (Å²) in [5.41, 5.74) is 1.71. The Kier molecular flexibility index (Phi) is 3.16. The predicted octanol–water partition coefficient (Wildman–Crippen LogP) is 3.46. The fraction of sp³-hybridized carbons (Fsp3) is 0.0667. The van der Waals surface area contributed by atoms with E-state index in [2.05, 4.69) is 10.2 Å². The van der Waals surface area contributed by atoms with Gasteiger partial charge in [0, 0.05) is 22.0 Å². The SMILES string of the molecule is COc1ccc2c(C(=O)c3ccc(Cl)cc3)n[nH]c2c1. The van der Waals surface area contributed by atoms with Crippen LogP contribution < -0.4 is 4.74 Å². The van der Waals surface area contributed by atoms with Crippen LogP contribution in [-0.4, -0.2) is 23.1 Å². The van der Waals surface area contributed by atoms with E-state index in [0.29, 0.717) is 22.0 Å². The quantitative estimate of drug-likeness (QED) is 0.750. The summed E-state index contributed by atoms with van der Waals surface area (Å²) in [4.78, 5) is 12.4. The molecule has 0 spiro atoms. The maximum Gasteiger partial charge on any atom is 0.213 e. The van der Waals surface area contributed by atoms with Crippen LogP contribution in [0.15, 0.2) is 42.5 Å². The molecule has 1 heterocycles. The largest absolute Gasteiger partial charge is 0.497 e. The highest BCUT2D eigenvalue weighted by Gasteiger charge is 2.16. The Morgan fingerprint density at radius 2 is 1.95 bits per heavy atom. The molecule has 0 amide bonds. The first-order chi connectivity index (χ1) is 9.69. The van der Waals surface area contributed by atoms with Gasteiger partial charge in [-0.05, 0) is 36.4 Å². The van der Waals surface area contributed by atoms with Gasteiger partial charge in [0.05, 0.1) is 12.6 Å². The van der Waals surface area contributed by atoms with Crippen molar-refractivity contribution >= 4 is 28.3 Å². The molecule has 3 rings (SSSR count). The van der Waals surface area contributed by atoms with Crippen molar-refractivity contribution < 1.29 is 9.53 Å². The molecule has 1 N–H and O–H groups in total. The van der Waals surface area contributed by atoms with Crippen LogP contribution in [0.2, 0.25) is 5.02 Å². The summed E-state index contributed by atoms with van der Waals surface area (Å²) in [7, 11) is 1.59. The molecule has 0 radical (unpaired) electrons. The van der Waals surface area contributed by atoms with Crippen LogP contribution in [0.3, 0.4) is 0 Å². The third-order valence-electron chi connectivity index (χ3n) is 3.09. The van der Waals surface area contributed by atoms with Crippen molar-refractivity contribution in [2.75, 3.05) is 7.11 Å². The normalized spacial score (nSPS) is 10.7. The Labute approximate surface area is 120 Å². The van der Waals surface area contributed by atoms with Crippen LogP contribution in [0.25, 0.3) is 10.9 Å². The minimum Gasteiger partial charge on any atom is -0.497 e. The minimum atomic E-state index is -0.141. The lowest BCUT2D eigenvalue weighted by molar-refractivity contribution is 0.103. The van der Waals surface area contributed by atoms with Gasteiger partial charge in [-0.25, -0.2) is 0 Å². The first-order valence-electron chi connectivity index (χ1n) is 6.01. The first-order valence-corrected chi connectivity index (χ1v) is 6.39. The second-order valence-corrected chi connectivity index (χ2v) is 4.76. The van der Waals surface area contributed by atoms with E-state index in [1.54, 1.807) is 43.5 Å². The molecule has 0 bridgehead atoms. The fourth-order valence-corrected chi connectivity index (χ4v) is 2.16. The standard InChI is InChI=1S/C15H11ClN2O2/c1-20-11-6-7-12-13(8-11)17-18-14(12)15(19)9-2-4-10(16)5-3-9/h2-8H,1H3,(H,17,18). The molecule has 0 unspecified atom stereocenters. The number of benzene rings is 2. The molecule has 0 aliphatic heterocycles. The molecule has 4 nitrogen and oxygen atoms in total. The van der Waals surface area contributed by atoms with Crippen molar-refractivity contribution in [3.8, 4) is 5.75 Å². The average Bonchev–Trinajstić information content (AvgIpc) is 2.90. The molecular weight excluding hydrogens is 276 g/mol. The monoisotopic (exact) mass is 286 g/mol. The van der Waals surface area contributed by atoms with E-state index in [9.17, 15) is 4.79 Å². The lowest BCUT2D eigenvalue weighted by atomic mass is 10.1. The summed E-state index contributed by atoms with van der Waals surface area (Å²) < 4.78 is 5.14. The maximum absolute atomic E-state index is 12.4. The Bertz CT molecular complexity index is 778. The molecule has 0 saturated heterocycles. The molecule has 0 aliphatic carbocycles. The predicted molar refractivity (Wildman–Crippen MR) is 77.5 cm³/mol. The maximum atomic E-state index is 12.4. The molecule has 5 heteroatoms. The van der Waals surface area contributed by atoms with E-state index in [4.69, 9.17) is 16.3 Å². The summed E-state index contributed by atoms with van der Waals surface area (Å²) in [6.45, 7) is 0. The Morgan fingerprint density at radius 3 is 2.65 bits per heavy atom. The van der Waals surface area contributed by atoms with Gasteiger partial charge in [-0.3, -0.25) is 9.89 Å². The summed E-state index contributed by atoms with van der Waals surface area (Å²) in [6.07, 6.45) is 0. The fourth-order valence-electron chi connectivity index (χ4n) is 2.04. The highest BCUT2D eigenvalue weighted by Crippen LogP contribution is 2.23. The number of H-pyrrole nitrogens is 1. The van der Waals surface area contributed by atoms with E-state index < -0.39 is 0 Å². The van der Waals surface area contributed by atoms with Gasteiger partial charge in [-0.1, -0.05) is 11.6 Å². The van der Waals surface area contributed by atoms with Gasteiger partial charge in [0.1, 0.15) is 11.4 Å². The number of hydrogen-bond acceptors (Lipinski definition) is 3. The molecule has 1 aromatic heterocycles. The molecule has 2 aromatic carbocycles. The van der Waals surface area contributed by atoms with Gasteiger partial charge >= 0.3 is 0 Å². The Morgan fingerprint density at radius 1 is 1.20 bits per heavy atom. The third kappa shape index (κ3) is 2.14. The van der Waals surface area contributed by atoms with Crippen LogP contribution in [0.4, 0.5) is 0 Å². The van der Waals surface area contributed by atoms with Gasteiger partial charge in [-0.2, -0.15) is 5.10 Å². The molecular formula is C15H11ClN2O2. The lowest BCUT2D eigenvalue weighted by Gasteiger charge is -2.00. The number of fused-ring (bicyclic) bond motifs is 1. The average molecular weight is 287 g/mol. The second kappa shape index (κ2) is 4.98. The van der Waals surface area contributed by atoms with Crippen molar-refractivity contribution in [2.24, 2.45) is 0 Å². The van der Waals surface area contributed by atoms with Crippen LogP contribution in [-0.2, 0) is 0 Å². The van der Waals surface area contributed by atoms with Crippen LogP contribution in [0.1, 0.15) is 16.1 Å². The minimum absolute atomic E-state index is 0.141. The van der Waals surface area contributed by atoms with Crippen molar-refractivity contribution in [3.05, 3.63) is 58.7 Å². The molecule has 0 fully saturated rings. The lowest BCUT2D eigenvalue weighted by Crippen LogP contribution is -2.02. The Balaban J connectivity index is 2.05. The van der Waals surface area contributed by atoms with Crippen molar-refractivity contribution in [3.63, 3.8) is 0 Å². The first kappa shape index (κ1) is 12.7. The summed E-state index contributed by atoms with van der Waals surface area (Å²) in [5, 5.41) is 8.32. The number of ketones is 1. The number of aromatic amines is 1. The van der Waals surface area contributed by atoms with E-state index in [-0.39, 0.29) is 5.78 Å². The van der Waals surface area contributed by atoms with E-state index >= 15 is 0 Å². The highest BCUT2D eigenvalue weighted by atomic mass is 35.5. The number of nitrogens with one attached hydrogen (secondary N) is 1. The third-order valence-corrected chi connectivity index (χ3v) is 3.34. The number of aromatic nitrogens is 2. The van der Waals surface area contributed by atoms with Crippen molar-refractivity contribution in [2.45, 2.75) is 0 Å². The van der Waals surface area contributed by atoms with Gasteiger partial charge in [0.25, 0.3) is 0 Å². The van der Waals surface area contributed by atoms with Crippen LogP contribution in [0.5, 0.6) is 5.75 Å². The van der Waals surface area contributed by atoms with Gasteiger partial charge in [0.15, 0.2) is 0 Å². The zero-order valence-corrected chi connectivity index (χ0v) is 11.4. The van der Waals surface area contributed by atoms with E-state index in [0.717, 1.165) is 10.9 Å². The molecule has 0 saturated carbocycles. The topological polar surface area (TPSA) is 55.0 Å². The number of ether oxygens (including phenoxy) is 1. The van der Waals surface area contributed by atoms with Crippen molar-refractivity contribution in [1.29, 1.82) is 0 Å². The second-order valence-electron chi connectivity index (χ2n) is 4.32. The highest BCUT2D eigenvalue weighted by molar-refractivity contribution is 6.30. The molecule has 20 heavy (non-hydrogen) atoms. The number of hydrogen-bond donors (Lipinski definition) is 1. The van der Waals surface area contributed by atoms with Crippen LogP contribution >= 0.6 is 11.6 Å². The van der Waals surface area contributed by atoms with Gasteiger partial charge < -0.3 is 4.74 Å². The van der Waals surface area contributed by atoms with Crippen LogP contribution in [0, 0.1) is 0 Å². The molecule has 100 valence electrons. The number of carbonyl (C=O) groups excluding carboxylic acids is 1. The summed E-state index contributed by atoms with van der Waals surface area (Å²) in [6, 6.07) is 12.2. The number of carbonyl (C=O) groups is 1. The van der Waals surface area contributed by atoms with E-state index in [1.807, 2.05) is 6.07 Å². The van der Waals surface area contributed by atoms with Gasteiger partial charge in [0.2, 0.25) is 5.78 Å². The number of halogens is 1. The van der Waals surface area contributed by atoms with Crippen molar-refractivity contribution in [1.82, 2.24) is 10.2 Å². The summed E-state index contributed by atoms with van der Waals surface area (Å²) >= 11 is 5.82. The number of methoxy groups -OCH3 is 1. The zero-order valence-electron chi connectivity index (χ0n) is 10.7. The molecule has 3 aromatic rings. The van der Waals surface area contributed by atoms with E-state index in [1.165, 1.54) is 0 Å². The Hall–Kier alpha value is -2.33.